The molecule has 7 fully saturated rings. The first-order valence-corrected chi connectivity index (χ1v) is 7.38. The van der Waals surface area contributed by atoms with E-state index in [0.29, 0.717) is 35.5 Å². The topological polar surface area (TPSA) is 40.5 Å². The van der Waals surface area contributed by atoms with Gasteiger partial charge in [-0.05, 0) is 54.8 Å². The summed E-state index contributed by atoms with van der Waals surface area (Å²) in [5.41, 5.74) is -0.635. The van der Waals surface area contributed by atoms with Gasteiger partial charge in [0.2, 0.25) is 0 Å². The van der Waals surface area contributed by atoms with Crippen LogP contribution in [0.3, 0.4) is 0 Å². The summed E-state index contributed by atoms with van der Waals surface area (Å²) in [4.78, 5) is 0. The molecule has 7 rings (SSSR count). The molecular weight excluding hydrogens is 212 g/mol. The molecule has 2 N–H and O–H groups in total. The molecule has 2 nitrogen and oxygen atoms in total. The van der Waals surface area contributed by atoms with E-state index in [1.807, 2.05) is 0 Å². The fourth-order valence-corrected chi connectivity index (χ4v) is 6.50. The highest BCUT2D eigenvalue weighted by molar-refractivity contribution is 5.34. The predicted molar refractivity (Wildman–Crippen MR) is 65.3 cm³/mol. The molecule has 0 amide bonds. The van der Waals surface area contributed by atoms with Gasteiger partial charge in [-0.15, -0.1) is 0 Å². The molecule has 1 spiro atoms. The Kier molecular flexibility index (Phi) is 1.75. The summed E-state index contributed by atoms with van der Waals surface area (Å²) in [6, 6.07) is 0. The summed E-state index contributed by atoms with van der Waals surface area (Å²) in [6.07, 6.45) is 6.31. The Labute approximate surface area is 103 Å². The zero-order chi connectivity index (χ0) is 12.1. The van der Waals surface area contributed by atoms with Gasteiger partial charge in [-0.3, -0.25) is 0 Å². The fourth-order valence-electron chi connectivity index (χ4n) is 6.50. The van der Waals surface area contributed by atoms with Gasteiger partial charge in [0.25, 0.3) is 0 Å². The zero-order valence-corrected chi connectivity index (χ0v) is 10.9. The molecule has 0 aromatic rings. The number of rotatable bonds is 3. The molecule has 0 saturated heterocycles. The van der Waals surface area contributed by atoms with Crippen LogP contribution in [0.1, 0.15) is 52.4 Å². The van der Waals surface area contributed by atoms with Gasteiger partial charge in [-0.25, -0.2) is 0 Å². The monoisotopic (exact) mass is 236 g/mol. The molecule has 2 heteroatoms. The lowest BCUT2D eigenvalue weighted by Crippen LogP contribution is -2.87. The standard InChI is InChI=1S/C15H24O2/c1-3-9(2)4-11-14-6-10-5-13(16,7-14)8-15(11,17)12(10)14/h9-12,16-17H,3-8H2,1-2H3/t9-,10?,11?,12?,13?,14?,15?/m0/s1. The van der Waals surface area contributed by atoms with Crippen molar-refractivity contribution in [2.75, 3.05) is 0 Å². The van der Waals surface area contributed by atoms with Crippen LogP contribution in [0.5, 0.6) is 0 Å². The van der Waals surface area contributed by atoms with Crippen LogP contribution in [0.4, 0.5) is 0 Å². The van der Waals surface area contributed by atoms with E-state index in [1.165, 1.54) is 19.3 Å². The second kappa shape index (κ2) is 2.75. The minimum atomic E-state index is -0.502. The number of hydrogen-bond donors (Lipinski definition) is 2. The predicted octanol–water partition coefficient (Wildman–Crippen LogP) is 2.33. The molecule has 7 atom stereocenters. The van der Waals surface area contributed by atoms with Crippen LogP contribution < -0.4 is 0 Å². The third-order valence-electron chi connectivity index (χ3n) is 6.82. The molecule has 0 heterocycles. The van der Waals surface area contributed by atoms with Crippen LogP contribution in [0.2, 0.25) is 0 Å². The lowest BCUT2D eigenvalue weighted by molar-refractivity contribution is -0.430. The fraction of sp³-hybridized carbons (Fsp3) is 1.00. The Hall–Kier alpha value is -0.0800. The van der Waals surface area contributed by atoms with Gasteiger partial charge in [0.1, 0.15) is 0 Å². The van der Waals surface area contributed by atoms with Crippen molar-refractivity contribution >= 4 is 0 Å². The molecule has 5 bridgehead atoms. The molecule has 0 aromatic heterocycles. The highest BCUT2D eigenvalue weighted by Crippen LogP contribution is 2.84. The average molecular weight is 236 g/mol. The van der Waals surface area contributed by atoms with E-state index in [1.54, 1.807) is 0 Å². The second-order valence-corrected chi connectivity index (χ2v) is 7.75. The molecule has 7 saturated carbocycles. The van der Waals surface area contributed by atoms with Crippen LogP contribution in [0.15, 0.2) is 0 Å². The summed E-state index contributed by atoms with van der Waals surface area (Å²) in [5, 5.41) is 21.5. The highest BCUT2D eigenvalue weighted by atomic mass is 16.3. The van der Waals surface area contributed by atoms with Crippen LogP contribution in [0.25, 0.3) is 0 Å². The molecule has 6 unspecified atom stereocenters. The molecule has 7 aliphatic rings. The quantitative estimate of drug-likeness (QED) is 0.789. The second-order valence-electron chi connectivity index (χ2n) is 7.75. The van der Waals surface area contributed by atoms with E-state index in [-0.39, 0.29) is 0 Å². The van der Waals surface area contributed by atoms with Gasteiger partial charge < -0.3 is 10.2 Å². The number of aliphatic hydroxyl groups is 2. The van der Waals surface area contributed by atoms with E-state index in [2.05, 4.69) is 13.8 Å². The van der Waals surface area contributed by atoms with Crippen LogP contribution >= 0.6 is 0 Å². The summed E-state index contributed by atoms with van der Waals surface area (Å²) in [5.74, 6) is 2.40. The SMILES string of the molecule is CC[C@H](C)CC1C2(O)CC3(O)CC4CC1(C3)C42. The van der Waals surface area contributed by atoms with Crippen molar-refractivity contribution in [1.29, 1.82) is 0 Å². The first-order valence-electron chi connectivity index (χ1n) is 7.38. The molecule has 0 radical (unpaired) electrons. The largest absolute Gasteiger partial charge is 0.390 e. The molecule has 96 valence electrons. The minimum Gasteiger partial charge on any atom is -0.390 e. The van der Waals surface area contributed by atoms with Crippen molar-refractivity contribution in [1.82, 2.24) is 0 Å². The van der Waals surface area contributed by atoms with Crippen molar-refractivity contribution in [2.24, 2.45) is 29.1 Å². The summed E-state index contributed by atoms with van der Waals surface area (Å²) < 4.78 is 0. The van der Waals surface area contributed by atoms with E-state index >= 15 is 0 Å². The van der Waals surface area contributed by atoms with Gasteiger partial charge in [-0.1, -0.05) is 20.3 Å². The maximum Gasteiger partial charge on any atom is 0.0744 e. The van der Waals surface area contributed by atoms with Crippen LogP contribution in [-0.2, 0) is 0 Å². The van der Waals surface area contributed by atoms with Crippen molar-refractivity contribution in [2.45, 2.75) is 63.6 Å². The minimum absolute atomic E-state index is 0.355. The van der Waals surface area contributed by atoms with Crippen molar-refractivity contribution in [3.05, 3.63) is 0 Å². The third kappa shape index (κ3) is 0.986. The van der Waals surface area contributed by atoms with Crippen molar-refractivity contribution in [3.8, 4) is 0 Å². The van der Waals surface area contributed by atoms with Crippen molar-refractivity contribution in [3.63, 3.8) is 0 Å². The van der Waals surface area contributed by atoms with Crippen LogP contribution in [-0.4, -0.2) is 21.4 Å². The molecular formula is C15H24O2. The Morgan fingerprint density at radius 1 is 1.24 bits per heavy atom. The van der Waals surface area contributed by atoms with E-state index < -0.39 is 11.2 Å². The van der Waals surface area contributed by atoms with E-state index in [9.17, 15) is 10.2 Å². The summed E-state index contributed by atoms with van der Waals surface area (Å²) in [7, 11) is 0. The first-order chi connectivity index (χ1) is 7.94. The Bertz CT molecular complexity index is 365. The van der Waals surface area contributed by atoms with Gasteiger partial charge in [0.05, 0.1) is 11.2 Å². The third-order valence-corrected chi connectivity index (χ3v) is 6.82. The molecule has 7 aliphatic carbocycles. The Balaban J connectivity index is 1.65. The maximum atomic E-state index is 10.9. The lowest BCUT2D eigenvalue weighted by Gasteiger charge is -2.85. The zero-order valence-electron chi connectivity index (χ0n) is 10.9. The van der Waals surface area contributed by atoms with Gasteiger partial charge >= 0.3 is 0 Å². The average Bonchev–Trinajstić information content (AvgIpc) is 2.21. The summed E-state index contributed by atoms with van der Waals surface area (Å²) >= 11 is 0. The smallest absolute Gasteiger partial charge is 0.0744 e. The van der Waals surface area contributed by atoms with Gasteiger partial charge in [0, 0.05) is 6.42 Å². The van der Waals surface area contributed by atoms with Crippen LogP contribution in [0, 0.1) is 29.1 Å². The molecule has 17 heavy (non-hydrogen) atoms. The molecule has 0 aromatic carbocycles. The van der Waals surface area contributed by atoms with Gasteiger partial charge in [0.15, 0.2) is 0 Å². The summed E-state index contributed by atoms with van der Waals surface area (Å²) in [6.45, 7) is 4.54. The highest BCUT2D eigenvalue weighted by Gasteiger charge is 2.85. The van der Waals surface area contributed by atoms with Gasteiger partial charge in [-0.2, -0.15) is 0 Å². The van der Waals surface area contributed by atoms with E-state index in [4.69, 9.17) is 0 Å². The Morgan fingerprint density at radius 2 is 2.00 bits per heavy atom. The number of hydrogen-bond acceptors (Lipinski definition) is 2. The van der Waals surface area contributed by atoms with Crippen molar-refractivity contribution < 1.29 is 10.2 Å². The maximum absolute atomic E-state index is 10.9. The lowest BCUT2D eigenvalue weighted by atomic mass is 9.21. The Morgan fingerprint density at radius 3 is 2.59 bits per heavy atom. The normalized spacial score (nSPS) is 63.9. The first kappa shape index (κ1) is 10.8. The van der Waals surface area contributed by atoms with E-state index in [0.717, 1.165) is 12.8 Å². The molecule has 0 aliphatic heterocycles.